The molecular weight excluding hydrogens is 745 g/mol. The summed E-state index contributed by atoms with van der Waals surface area (Å²) in [6.45, 7) is 49.4. The first-order chi connectivity index (χ1) is 28.3. The average Bonchev–Trinajstić information content (AvgIpc) is 3.17. The van der Waals surface area contributed by atoms with E-state index >= 15 is 0 Å². The smallest absolute Gasteiger partial charge is 0.00363 e. The highest BCUT2D eigenvalue weighted by Crippen LogP contribution is 2.38. The Morgan fingerprint density at radius 3 is 1.28 bits per heavy atom. The van der Waals surface area contributed by atoms with Crippen LogP contribution in [-0.4, -0.2) is 38.8 Å². The number of hydrogen-bond acceptors (Lipinski definition) is 6. The van der Waals surface area contributed by atoms with Crippen molar-refractivity contribution in [2.24, 2.45) is 98.5 Å². The molecule has 61 heavy (non-hydrogen) atoms. The predicted octanol–water partition coefficient (Wildman–Crippen LogP) is 15.0. The van der Waals surface area contributed by atoms with Gasteiger partial charge in [0.2, 0.25) is 0 Å². The van der Waals surface area contributed by atoms with Gasteiger partial charge in [0.25, 0.3) is 0 Å². The summed E-state index contributed by atoms with van der Waals surface area (Å²) in [5.41, 5.74) is 34.2. The van der Waals surface area contributed by atoms with Crippen molar-refractivity contribution in [2.45, 2.75) is 260 Å². The Hall–Kier alpha value is -0.240. The summed E-state index contributed by atoms with van der Waals surface area (Å²) >= 11 is 0. The van der Waals surface area contributed by atoms with Crippen molar-refractivity contribution in [1.29, 1.82) is 0 Å². The molecule has 6 nitrogen and oxygen atoms in total. The molecule has 0 aromatic heterocycles. The van der Waals surface area contributed by atoms with E-state index in [4.69, 9.17) is 34.4 Å². The summed E-state index contributed by atoms with van der Waals surface area (Å²) in [7, 11) is 0. The van der Waals surface area contributed by atoms with Crippen molar-refractivity contribution in [3.05, 3.63) is 0 Å². The van der Waals surface area contributed by atoms with E-state index in [1.807, 2.05) is 0 Å². The van der Waals surface area contributed by atoms with Crippen molar-refractivity contribution in [3.8, 4) is 0 Å². The van der Waals surface area contributed by atoms with Gasteiger partial charge >= 0.3 is 0 Å². The van der Waals surface area contributed by atoms with Crippen LogP contribution in [0.2, 0.25) is 0 Å². The molecule has 0 saturated heterocycles. The van der Waals surface area contributed by atoms with Gasteiger partial charge in [0, 0.05) is 6.04 Å². The maximum Gasteiger partial charge on any atom is 0.00363 e. The second kappa shape index (κ2) is 49.2. The van der Waals surface area contributed by atoms with Crippen LogP contribution in [0.4, 0.5) is 0 Å². The van der Waals surface area contributed by atoms with E-state index in [-0.39, 0.29) is 0 Å². The van der Waals surface area contributed by atoms with Gasteiger partial charge in [-0.15, -0.1) is 0 Å². The Bertz CT molecular complexity index is 795. The van der Waals surface area contributed by atoms with Gasteiger partial charge in [-0.1, -0.05) is 177 Å². The molecule has 0 aliphatic heterocycles. The Balaban J connectivity index is -0.000000150. The zero-order chi connectivity index (χ0) is 49.0. The molecule has 0 fully saturated rings. The molecule has 378 valence electrons. The molecule has 0 aromatic carbocycles. The number of hydrogen-bond donors (Lipinski definition) is 6. The van der Waals surface area contributed by atoms with Crippen LogP contribution in [0.3, 0.4) is 0 Å². The largest absolute Gasteiger partial charge is 0.330 e. The van der Waals surface area contributed by atoms with Crippen molar-refractivity contribution in [2.75, 3.05) is 32.7 Å². The molecule has 5 atom stereocenters. The molecule has 0 aromatic rings. The average molecular weight is 874 g/mol. The Morgan fingerprint density at radius 1 is 0.459 bits per heavy atom. The molecule has 0 heterocycles. The molecule has 0 rings (SSSR count). The van der Waals surface area contributed by atoms with Crippen molar-refractivity contribution >= 4 is 0 Å². The van der Waals surface area contributed by atoms with Gasteiger partial charge in [-0.2, -0.15) is 0 Å². The second-order valence-corrected chi connectivity index (χ2v) is 22.5. The van der Waals surface area contributed by atoms with Crippen LogP contribution in [0.1, 0.15) is 254 Å². The Morgan fingerprint density at radius 2 is 0.984 bits per heavy atom. The summed E-state index contributed by atoms with van der Waals surface area (Å²) in [5, 5.41) is 0. The minimum atomic E-state index is 0.341. The highest BCUT2D eigenvalue weighted by Gasteiger charge is 2.27. The molecule has 6 heteroatoms. The molecule has 0 spiro atoms. The fourth-order valence-electron chi connectivity index (χ4n) is 8.10. The van der Waals surface area contributed by atoms with Crippen LogP contribution in [-0.2, 0) is 0 Å². The molecule has 0 radical (unpaired) electrons. The highest BCUT2D eigenvalue weighted by molar-refractivity contribution is 4.79. The van der Waals surface area contributed by atoms with Gasteiger partial charge < -0.3 is 34.4 Å². The molecule has 0 aliphatic rings. The third-order valence-corrected chi connectivity index (χ3v) is 12.1. The van der Waals surface area contributed by atoms with Crippen LogP contribution in [0.5, 0.6) is 0 Å². The van der Waals surface area contributed by atoms with E-state index < -0.39 is 0 Å². The van der Waals surface area contributed by atoms with Gasteiger partial charge in [0.1, 0.15) is 0 Å². The molecule has 0 saturated carbocycles. The molecule has 0 bridgehead atoms. The van der Waals surface area contributed by atoms with E-state index in [0.29, 0.717) is 16.9 Å². The van der Waals surface area contributed by atoms with Crippen LogP contribution in [0.15, 0.2) is 0 Å². The summed E-state index contributed by atoms with van der Waals surface area (Å²) in [6, 6.07) is 0.437. The topological polar surface area (TPSA) is 156 Å². The minimum absolute atomic E-state index is 0.341. The molecule has 5 unspecified atom stereocenters. The van der Waals surface area contributed by atoms with E-state index in [1.165, 1.54) is 109 Å². The first-order valence-corrected chi connectivity index (χ1v) is 26.5. The molecule has 12 N–H and O–H groups in total. The quantitative estimate of drug-likeness (QED) is 0.0439. The third kappa shape index (κ3) is 61.9. The number of nitrogens with two attached hydrogens (primary N) is 6. The zero-order valence-corrected chi connectivity index (χ0v) is 46.5. The summed E-state index contributed by atoms with van der Waals surface area (Å²) in [5.74, 6) is 7.30. The third-order valence-electron chi connectivity index (χ3n) is 12.1. The second-order valence-electron chi connectivity index (χ2n) is 22.5. The van der Waals surface area contributed by atoms with Gasteiger partial charge in [-0.25, -0.2) is 0 Å². The lowest BCUT2D eigenvalue weighted by atomic mass is 9.72. The summed E-state index contributed by atoms with van der Waals surface area (Å²) in [4.78, 5) is 0. The Labute approximate surface area is 390 Å². The summed E-state index contributed by atoms with van der Waals surface area (Å²) in [6.07, 6.45) is 23.0. The van der Waals surface area contributed by atoms with Crippen LogP contribution in [0.25, 0.3) is 0 Å². The van der Waals surface area contributed by atoms with Crippen molar-refractivity contribution < 1.29 is 0 Å². The van der Waals surface area contributed by atoms with Crippen LogP contribution in [0, 0.1) is 64.1 Å². The predicted molar refractivity (Wildman–Crippen MR) is 286 cm³/mol. The van der Waals surface area contributed by atoms with Crippen LogP contribution < -0.4 is 34.4 Å². The summed E-state index contributed by atoms with van der Waals surface area (Å²) < 4.78 is 0. The van der Waals surface area contributed by atoms with E-state index in [9.17, 15) is 0 Å². The maximum absolute atomic E-state index is 5.74. The molecule has 0 amide bonds. The van der Waals surface area contributed by atoms with Crippen molar-refractivity contribution in [3.63, 3.8) is 0 Å². The molecular formula is C55H128N6. The number of rotatable bonds is 29. The van der Waals surface area contributed by atoms with Crippen LogP contribution >= 0.6 is 0 Å². The lowest BCUT2D eigenvalue weighted by Crippen LogP contribution is -2.25. The van der Waals surface area contributed by atoms with Gasteiger partial charge in [-0.05, 0) is 174 Å². The number of unbranched alkanes of at least 4 members (excludes halogenated alkanes) is 1. The SMILES string of the molecule is CC(C)CC(C)(C)CN.CC(C)CC(C)CCCN.CC(C)CCCC(C)CN.CCC(CCN)C(C)C.CCC(N)CCC(C)C.CCCCC(CC)(CCN)CC(C)C. The fraction of sp³-hybridized carbons (Fsp3) is 1.00. The van der Waals surface area contributed by atoms with E-state index in [2.05, 4.69) is 138 Å². The normalized spacial score (nSPS) is 14.4. The maximum atomic E-state index is 5.74. The monoisotopic (exact) mass is 873 g/mol. The first-order valence-electron chi connectivity index (χ1n) is 26.5. The molecule has 0 aliphatic carbocycles. The lowest BCUT2D eigenvalue weighted by Gasteiger charge is -2.34. The first kappa shape index (κ1) is 72.4. The highest BCUT2D eigenvalue weighted by atomic mass is 14.6. The zero-order valence-electron chi connectivity index (χ0n) is 46.5. The van der Waals surface area contributed by atoms with Crippen molar-refractivity contribution in [1.82, 2.24) is 0 Å². The standard InChI is InChI=1S/C13H29N.2C9H21N.3C8H19N/c1-5-7-8-13(6-2,9-10-14)11-12(3)4;1-8(2)7-9(3)5-4-6-10;1-8(2)5-4-6-9(3)7-10;1-7(2)5-8(3,4)6-9;1-4-8(5-6-9)7(2)3;1-4-8(9)6-5-7(2)3/h12H,5-11,14H2,1-4H3;2*8-9H,4-7,10H2,1-3H3;7H,5-6,9H2,1-4H3;2*7-8H,4-6,9H2,1-3H3. The van der Waals surface area contributed by atoms with Gasteiger partial charge in [0.15, 0.2) is 0 Å². The fourth-order valence-corrected chi connectivity index (χ4v) is 8.10. The van der Waals surface area contributed by atoms with E-state index in [0.717, 1.165) is 92.4 Å². The van der Waals surface area contributed by atoms with Gasteiger partial charge in [0.05, 0.1) is 0 Å². The minimum Gasteiger partial charge on any atom is -0.330 e. The van der Waals surface area contributed by atoms with Gasteiger partial charge in [-0.3, -0.25) is 0 Å². The van der Waals surface area contributed by atoms with E-state index in [1.54, 1.807) is 0 Å². The Kier molecular flexibility index (Phi) is 58.4. The lowest BCUT2D eigenvalue weighted by molar-refractivity contribution is 0.179.